The maximum atomic E-state index is 9.36. The van der Waals surface area contributed by atoms with E-state index in [1.54, 1.807) is 0 Å². The molecule has 0 aliphatic rings. The molecule has 5 atom stereocenters. The molecule has 0 aromatic rings. The molecule has 0 fully saturated rings. The van der Waals surface area contributed by atoms with E-state index in [0.29, 0.717) is 6.42 Å². The van der Waals surface area contributed by atoms with Crippen LogP contribution in [0.25, 0.3) is 0 Å². The minimum Gasteiger partial charge on any atom is -0.394 e. The Hall–Kier alpha value is -0.400. The Balaban J connectivity index is 4.23. The Morgan fingerprint density at radius 2 is 0.962 bits per heavy atom. The molecule has 0 aromatic carbocycles. The van der Waals surface area contributed by atoms with E-state index in [4.69, 9.17) is 34.3 Å². The second-order valence-electron chi connectivity index (χ2n) is 5.90. The number of aliphatic hydroxyl groups excluding tert-OH is 6. The lowest BCUT2D eigenvalue weighted by molar-refractivity contribution is -0.112. The van der Waals surface area contributed by atoms with Gasteiger partial charge in [-0.05, 0) is 6.42 Å². The largest absolute Gasteiger partial charge is 0.394 e. The van der Waals surface area contributed by atoms with Crippen LogP contribution in [0.5, 0.6) is 0 Å². The molecule has 10 heteroatoms. The van der Waals surface area contributed by atoms with Gasteiger partial charge in [-0.15, -0.1) is 0 Å². The maximum absolute atomic E-state index is 9.36. The number of hydrogen-bond donors (Lipinski definition) is 6. The molecule has 0 bridgehead atoms. The summed E-state index contributed by atoms with van der Waals surface area (Å²) >= 11 is 0. The quantitative estimate of drug-likeness (QED) is 0.146. The molecule has 10 nitrogen and oxygen atoms in total. The van der Waals surface area contributed by atoms with Crippen molar-refractivity contribution in [2.24, 2.45) is 0 Å². The first-order valence-corrected chi connectivity index (χ1v) is 8.72. The van der Waals surface area contributed by atoms with Gasteiger partial charge in [-0.3, -0.25) is 0 Å². The predicted molar refractivity (Wildman–Crippen MR) is 90.7 cm³/mol. The van der Waals surface area contributed by atoms with Crippen LogP contribution in [0.4, 0.5) is 0 Å². The molecule has 26 heavy (non-hydrogen) atoms. The number of hydrogen-bond acceptors (Lipinski definition) is 10. The van der Waals surface area contributed by atoms with Gasteiger partial charge in [0.1, 0.15) is 24.4 Å². The standard InChI is InChI=1S/C16H34O10/c1-2-15(25-7-13(21)4-18)9-24-11-16(26-8-14(22)5-19)10-23-6-12(20)3-17/h12-22H,2-11H2,1H3. The fourth-order valence-corrected chi connectivity index (χ4v) is 1.75. The number of aliphatic hydroxyl groups is 6. The molecular formula is C16H34O10. The highest BCUT2D eigenvalue weighted by Gasteiger charge is 2.16. The number of rotatable bonds is 18. The summed E-state index contributed by atoms with van der Waals surface area (Å²) in [4.78, 5) is 0. The second-order valence-corrected chi connectivity index (χ2v) is 5.90. The maximum Gasteiger partial charge on any atom is 0.104 e. The minimum atomic E-state index is -1.02. The van der Waals surface area contributed by atoms with E-state index in [9.17, 15) is 15.3 Å². The van der Waals surface area contributed by atoms with Gasteiger partial charge in [0.25, 0.3) is 0 Å². The molecule has 0 aromatic heterocycles. The lowest BCUT2D eigenvalue weighted by Crippen LogP contribution is -2.34. The lowest BCUT2D eigenvalue weighted by atomic mass is 10.3. The van der Waals surface area contributed by atoms with Gasteiger partial charge in [0, 0.05) is 0 Å². The Labute approximate surface area is 153 Å². The number of ether oxygens (including phenoxy) is 4. The van der Waals surface area contributed by atoms with Crippen molar-refractivity contribution in [2.75, 3.05) is 59.5 Å². The third kappa shape index (κ3) is 13.8. The summed E-state index contributed by atoms with van der Waals surface area (Å²) in [6.45, 7) is 0.912. The molecule has 0 aliphatic carbocycles. The molecule has 0 saturated heterocycles. The molecule has 6 N–H and O–H groups in total. The fraction of sp³-hybridized carbons (Fsp3) is 1.00. The van der Waals surface area contributed by atoms with Crippen LogP contribution in [0.1, 0.15) is 13.3 Å². The fourth-order valence-electron chi connectivity index (χ4n) is 1.75. The van der Waals surface area contributed by atoms with Gasteiger partial charge in [-0.2, -0.15) is 0 Å². The normalized spacial score (nSPS) is 17.7. The van der Waals surface area contributed by atoms with Gasteiger partial charge in [-0.25, -0.2) is 0 Å². The molecule has 0 aliphatic heterocycles. The molecule has 158 valence electrons. The minimum absolute atomic E-state index is 0.00312. The Bertz CT molecular complexity index is 307. The summed E-state index contributed by atoms with van der Waals surface area (Å²) in [5, 5.41) is 54.3. The van der Waals surface area contributed by atoms with E-state index in [1.807, 2.05) is 6.92 Å². The van der Waals surface area contributed by atoms with E-state index in [0.717, 1.165) is 0 Å². The summed E-state index contributed by atoms with van der Waals surface area (Å²) in [7, 11) is 0. The molecule has 0 saturated carbocycles. The van der Waals surface area contributed by atoms with Crippen molar-refractivity contribution in [1.82, 2.24) is 0 Å². The SMILES string of the molecule is CCC(COCC(COCC(O)CO)OCC(O)CO)OCC(O)CO. The zero-order valence-corrected chi connectivity index (χ0v) is 15.3. The van der Waals surface area contributed by atoms with Crippen LogP contribution >= 0.6 is 0 Å². The van der Waals surface area contributed by atoms with Crippen molar-refractivity contribution in [3.05, 3.63) is 0 Å². The van der Waals surface area contributed by atoms with Crippen molar-refractivity contribution in [1.29, 1.82) is 0 Å². The Kier molecular flexibility index (Phi) is 16.5. The molecule has 5 unspecified atom stereocenters. The average molecular weight is 386 g/mol. The van der Waals surface area contributed by atoms with Gasteiger partial charge in [0.15, 0.2) is 0 Å². The highest BCUT2D eigenvalue weighted by atomic mass is 16.6. The first kappa shape index (κ1) is 25.6. The van der Waals surface area contributed by atoms with Crippen LogP contribution in [0.15, 0.2) is 0 Å². The first-order chi connectivity index (χ1) is 12.5. The van der Waals surface area contributed by atoms with Crippen molar-refractivity contribution in [2.45, 2.75) is 43.9 Å². The van der Waals surface area contributed by atoms with Gasteiger partial charge in [0.2, 0.25) is 0 Å². The summed E-state index contributed by atoms with van der Waals surface area (Å²) in [6.07, 6.45) is -3.12. The van der Waals surface area contributed by atoms with Crippen LogP contribution in [-0.2, 0) is 18.9 Å². The van der Waals surface area contributed by atoms with Crippen LogP contribution in [0, 0.1) is 0 Å². The predicted octanol–water partition coefficient (Wildman–Crippen LogP) is -2.74. The van der Waals surface area contributed by atoms with Gasteiger partial charge in [0.05, 0.1) is 65.6 Å². The summed E-state index contributed by atoms with van der Waals surface area (Å²) in [5.74, 6) is 0. The van der Waals surface area contributed by atoms with Crippen LogP contribution in [0.3, 0.4) is 0 Å². The van der Waals surface area contributed by atoms with Crippen LogP contribution < -0.4 is 0 Å². The zero-order valence-electron chi connectivity index (χ0n) is 15.3. The third-order valence-corrected chi connectivity index (χ3v) is 3.36. The van der Waals surface area contributed by atoms with Crippen LogP contribution in [-0.4, -0.2) is 121 Å². The van der Waals surface area contributed by atoms with Gasteiger partial charge < -0.3 is 49.6 Å². The Morgan fingerprint density at radius 1 is 0.577 bits per heavy atom. The average Bonchev–Trinajstić information content (AvgIpc) is 2.66. The van der Waals surface area contributed by atoms with E-state index in [1.165, 1.54) is 0 Å². The summed E-state index contributed by atoms with van der Waals surface area (Å²) < 4.78 is 21.6. The molecule has 0 spiro atoms. The van der Waals surface area contributed by atoms with Gasteiger partial charge in [-0.1, -0.05) is 6.92 Å². The summed E-state index contributed by atoms with van der Waals surface area (Å²) in [5.41, 5.74) is 0. The lowest BCUT2D eigenvalue weighted by Gasteiger charge is -2.22. The van der Waals surface area contributed by atoms with E-state index < -0.39 is 37.6 Å². The topological polar surface area (TPSA) is 158 Å². The van der Waals surface area contributed by atoms with Crippen LogP contribution in [0.2, 0.25) is 0 Å². The molecule has 0 heterocycles. The zero-order chi connectivity index (χ0) is 19.8. The summed E-state index contributed by atoms with van der Waals surface area (Å²) in [6, 6.07) is 0. The monoisotopic (exact) mass is 386 g/mol. The molecule has 0 radical (unpaired) electrons. The van der Waals surface area contributed by atoms with E-state index >= 15 is 0 Å². The van der Waals surface area contributed by atoms with Crippen molar-refractivity contribution < 1.29 is 49.6 Å². The van der Waals surface area contributed by atoms with Crippen molar-refractivity contribution in [3.8, 4) is 0 Å². The smallest absolute Gasteiger partial charge is 0.104 e. The molecule has 0 amide bonds. The van der Waals surface area contributed by atoms with Gasteiger partial charge >= 0.3 is 0 Å². The second kappa shape index (κ2) is 16.8. The van der Waals surface area contributed by atoms with E-state index in [2.05, 4.69) is 0 Å². The Morgan fingerprint density at radius 3 is 1.42 bits per heavy atom. The third-order valence-electron chi connectivity index (χ3n) is 3.36. The van der Waals surface area contributed by atoms with E-state index in [-0.39, 0.29) is 52.4 Å². The molecule has 0 rings (SSSR count). The van der Waals surface area contributed by atoms with Crippen molar-refractivity contribution in [3.63, 3.8) is 0 Å². The highest BCUT2D eigenvalue weighted by molar-refractivity contribution is 4.62. The first-order valence-electron chi connectivity index (χ1n) is 8.72. The van der Waals surface area contributed by atoms with Crippen molar-refractivity contribution >= 4 is 0 Å². The highest BCUT2D eigenvalue weighted by Crippen LogP contribution is 2.04. The molecular weight excluding hydrogens is 352 g/mol.